The van der Waals surface area contributed by atoms with Crippen LogP contribution in [0.25, 0.3) is 0 Å². The van der Waals surface area contributed by atoms with Crippen LogP contribution < -0.4 is 0 Å². The Balaban J connectivity index is 1.44. The maximum atomic E-state index is 13.0. The molecule has 0 radical (unpaired) electrons. The molecule has 1 aliphatic carbocycles. The van der Waals surface area contributed by atoms with Gasteiger partial charge in [0.25, 0.3) is 0 Å². The molecule has 0 saturated carbocycles. The van der Waals surface area contributed by atoms with Crippen molar-refractivity contribution in [3.63, 3.8) is 0 Å². The van der Waals surface area contributed by atoms with Gasteiger partial charge < -0.3 is 18.9 Å². The fraction of sp³-hybridized carbons (Fsp3) is 0.708. The number of ether oxygens (including phenoxy) is 5. The molecule has 8 nitrogen and oxygen atoms in total. The molecule has 0 bridgehead atoms. The minimum absolute atomic E-state index is 0.138. The molecule has 176 valence electrons. The Hall–Kier alpha value is -2.19. The SMILES string of the molecule is CC(=O)OC1C=C([C@H]2C[C@H]3O[C@@]3(CCC3=C(C)CCCC3(C)C)C(=O)O2)C(OC(C)=O)O1. The van der Waals surface area contributed by atoms with Crippen molar-refractivity contribution in [1.29, 1.82) is 0 Å². The van der Waals surface area contributed by atoms with Crippen LogP contribution in [-0.2, 0) is 38.1 Å². The third-order valence-electron chi connectivity index (χ3n) is 7.06. The highest BCUT2D eigenvalue weighted by molar-refractivity contribution is 5.85. The molecule has 0 aromatic carbocycles. The topological polar surface area (TPSA) is 101 Å². The molecule has 3 aliphatic heterocycles. The van der Waals surface area contributed by atoms with Gasteiger partial charge in [-0.15, -0.1) is 0 Å². The van der Waals surface area contributed by atoms with Gasteiger partial charge in [-0.2, -0.15) is 0 Å². The number of carbonyl (C=O) groups is 3. The normalized spacial score (nSPS) is 35.5. The Morgan fingerprint density at radius 3 is 2.53 bits per heavy atom. The number of carbonyl (C=O) groups excluding carboxylic acids is 3. The maximum absolute atomic E-state index is 13.0. The van der Waals surface area contributed by atoms with Crippen molar-refractivity contribution in [1.82, 2.24) is 0 Å². The van der Waals surface area contributed by atoms with Gasteiger partial charge in [0, 0.05) is 25.8 Å². The summed E-state index contributed by atoms with van der Waals surface area (Å²) >= 11 is 0. The van der Waals surface area contributed by atoms with E-state index < -0.39 is 42.2 Å². The molecule has 32 heavy (non-hydrogen) atoms. The van der Waals surface area contributed by atoms with E-state index in [0.717, 1.165) is 19.3 Å². The molecule has 2 unspecified atom stereocenters. The molecule has 0 N–H and O–H groups in total. The Kier molecular flexibility index (Phi) is 5.96. The van der Waals surface area contributed by atoms with Crippen LogP contribution in [-0.4, -0.2) is 48.3 Å². The van der Waals surface area contributed by atoms with Crippen molar-refractivity contribution < 1.29 is 38.1 Å². The zero-order chi connectivity index (χ0) is 23.3. The summed E-state index contributed by atoms with van der Waals surface area (Å²) < 4.78 is 27.4. The predicted molar refractivity (Wildman–Crippen MR) is 112 cm³/mol. The maximum Gasteiger partial charge on any atom is 0.341 e. The Morgan fingerprint density at radius 2 is 1.91 bits per heavy atom. The molecule has 0 amide bonds. The third-order valence-corrected chi connectivity index (χ3v) is 7.06. The number of allylic oxidation sites excluding steroid dienone is 2. The first-order valence-corrected chi connectivity index (χ1v) is 11.3. The lowest BCUT2D eigenvalue weighted by atomic mass is 9.70. The second-order valence-corrected chi connectivity index (χ2v) is 9.84. The van der Waals surface area contributed by atoms with Gasteiger partial charge in [-0.05, 0) is 50.5 Å². The van der Waals surface area contributed by atoms with Crippen molar-refractivity contribution in [3.8, 4) is 0 Å². The Bertz CT molecular complexity index is 884. The van der Waals surface area contributed by atoms with E-state index in [9.17, 15) is 14.4 Å². The van der Waals surface area contributed by atoms with Gasteiger partial charge in [0.15, 0.2) is 5.60 Å². The number of esters is 3. The van der Waals surface area contributed by atoms with Gasteiger partial charge in [-0.25, -0.2) is 4.79 Å². The third kappa shape index (κ3) is 4.35. The molecule has 2 fully saturated rings. The highest BCUT2D eigenvalue weighted by Crippen LogP contribution is 2.52. The first-order valence-electron chi connectivity index (χ1n) is 11.3. The van der Waals surface area contributed by atoms with Gasteiger partial charge in [0.1, 0.15) is 12.2 Å². The van der Waals surface area contributed by atoms with Crippen molar-refractivity contribution in [2.45, 2.75) is 104 Å². The molecule has 4 rings (SSSR count). The molecule has 4 aliphatic rings. The minimum Gasteiger partial charge on any atom is -0.455 e. The van der Waals surface area contributed by atoms with Crippen molar-refractivity contribution in [2.24, 2.45) is 5.41 Å². The minimum atomic E-state index is -1.07. The lowest BCUT2D eigenvalue weighted by molar-refractivity contribution is -0.204. The van der Waals surface area contributed by atoms with Gasteiger partial charge in [-0.3, -0.25) is 14.3 Å². The van der Waals surface area contributed by atoms with E-state index in [2.05, 4.69) is 20.8 Å². The van der Waals surface area contributed by atoms with Crippen LogP contribution in [0.5, 0.6) is 0 Å². The van der Waals surface area contributed by atoms with E-state index in [1.807, 2.05) is 0 Å². The van der Waals surface area contributed by atoms with E-state index in [0.29, 0.717) is 18.4 Å². The second-order valence-electron chi connectivity index (χ2n) is 9.84. The van der Waals surface area contributed by atoms with Gasteiger partial charge in [0.05, 0.1) is 0 Å². The van der Waals surface area contributed by atoms with Crippen LogP contribution in [0.15, 0.2) is 22.8 Å². The number of rotatable bonds is 6. The monoisotopic (exact) mass is 448 g/mol. The van der Waals surface area contributed by atoms with Gasteiger partial charge in [-0.1, -0.05) is 25.0 Å². The van der Waals surface area contributed by atoms with E-state index in [-0.39, 0.29) is 11.5 Å². The summed E-state index contributed by atoms with van der Waals surface area (Å²) in [7, 11) is 0. The van der Waals surface area contributed by atoms with Crippen LogP contribution in [0, 0.1) is 5.41 Å². The standard InChI is InChI=1S/C24H32O8/c1-13-7-6-9-23(4,5)17(13)8-10-24-19(32-24)12-18(30-22(24)27)16-11-20(28-14(2)25)31-21(16)29-15(3)26/h11,18-21H,6-10,12H2,1-5H3/t18-,19-,20?,21?,24-/m1/s1. The smallest absolute Gasteiger partial charge is 0.341 e. The van der Waals surface area contributed by atoms with Crippen LogP contribution in [0.1, 0.15) is 73.1 Å². The number of hydrogen-bond acceptors (Lipinski definition) is 8. The second kappa shape index (κ2) is 8.30. The van der Waals surface area contributed by atoms with E-state index in [1.54, 1.807) is 0 Å². The van der Waals surface area contributed by atoms with Crippen LogP contribution in [0.3, 0.4) is 0 Å². The zero-order valence-electron chi connectivity index (χ0n) is 19.4. The average molecular weight is 449 g/mol. The average Bonchev–Trinajstić information content (AvgIpc) is 3.26. The fourth-order valence-corrected chi connectivity index (χ4v) is 5.38. The van der Waals surface area contributed by atoms with E-state index in [4.69, 9.17) is 23.7 Å². The quantitative estimate of drug-likeness (QED) is 0.263. The first-order chi connectivity index (χ1) is 15.0. The van der Waals surface area contributed by atoms with Crippen LogP contribution >= 0.6 is 0 Å². The molecule has 3 heterocycles. The lowest BCUT2D eigenvalue weighted by Gasteiger charge is -2.35. The van der Waals surface area contributed by atoms with Crippen molar-refractivity contribution >= 4 is 17.9 Å². The largest absolute Gasteiger partial charge is 0.455 e. The summed E-state index contributed by atoms with van der Waals surface area (Å²) in [5, 5.41) is 0. The zero-order valence-corrected chi connectivity index (χ0v) is 19.4. The van der Waals surface area contributed by atoms with Crippen LogP contribution in [0.4, 0.5) is 0 Å². The Labute approximate surface area is 188 Å². The molecule has 0 spiro atoms. The molecule has 2 saturated heterocycles. The van der Waals surface area contributed by atoms with Crippen molar-refractivity contribution in [3.05, 3.63) is 22.8 Å². The van der Waals surface area contributed by atoms with Gasteiger partial charge in [0.2, 0.25) is 12.6 Å². The summed E-state index contributed by atoms with van der Waals surface area (Å²) in [6, 6.07) is 0. The lowest BCUT2D eigenvalue weighted by Crippen LogP contribution is -2.42. The highest BCUT2D eigenvalue weighted by atomic mass is 16.8. The summed E-state index contributed by atoms with van der Waals surface area (Å²) in [6.07, 6.45) is 3.84. The van der Waals surface area contributed by atoms with Crippen LogP contribution in [0.2, 0.25) is 0 Å². The van der Waals surface area contributed by atoms with Gasteiger partial charge >= 0.3 is 17.9 Å². The summed E-state index contributed by atoms with van der Waals surface area (Å²) in [5.74, 6) is -1.49. The predicted octanol–water partition coefficient (Wildman–Crippen LogP) is 3.48. The summed E-state index contributed by atoms with van der Waals surface area (Å²) in [5.41, 5.74) is 2.54. The highest BCUT2D eigenvalue weighted by Gasteiger charge is 2.67. The molecular weight excluding hydrogens is 416 g/mol. The molecule has 8 heteroatoms. The van der Waals surface area contributed by atoms with E-state index >= 15 is 0 Å². The summed E-state index contributed by atoms with van der Waals surface area (Å²) in [4.78, 5) is 35.8. The molecular formula is C24H32O8. The Morgan fingerprint density at radius 1 is 1.19 bits per heavy atom. The first kappa shape index (κ1) is 23.0. The fourth-order valence-electron chi connectivity index (χ4n) is 5.38. The number of hydrogen-bond donors (Lipinski definition) is 0. The van der Waals surface area contributed by atoms with E-state index in [1.165, 1.54) is 37.5 Å². The molecule has 5 atom stereocenters. The number of epoxide rings is 1. The number of cyclic esters (lactones) is 1. The number of fused-ring (bicyclic) bond motifs is 1. The van der Waals surface area contributed by atoms with Crippen molar-refractivity contribution in [2.75, 3.05) is 0 Å². The molecule has 0 aromatic heterocycles. The summed E-state index contributed by atoms with van der Waals surface area (Å²) in [6.45, 7) is 9.24. The molecule has 0 aromatic rings.